The van der Waals surface area contributed by atoms with Crippen LogP contribution in [0.3, 0.4) is 0 Å². The average molecular weight is 195 g/mol. The van der Waals surface area contributed by atoms with Crippen LogP contribution in [-0.4, -0.2) is 12.6 Å². The van der Waals surface area contributed by atoms with E-state index in [0.717, 1.165) is 24.2 Å². The molecule has 76 valence electrons. The monoisotopic (exact) mass is 195 g/mol. The zero-order chi connectivity index (χ0) is 9.97. The minimum atomic E-state index is -0.225. The number of ether oxygens (including phenoxy) is 1. The van der Waals surface area contributed by atoms with Crippen LogP contribution in [-0.2, 0) is 6.42 Å². The van der Waals surface area contributed by atoms with E-state index < -0.39 is 0 Å². The molecule has 0 saturated heterocycles. The highest BCUT2D eigenvalue weighted by molar-refractivity contribution is 5.34. The van der Waals surface area contributed by atoms with Gasteiger partial charge in [0.2, 0.25) is 0 Å². The molecule has 0 spiro atoms. The highest BCUT2D eigenvalue weighted by Crippen LogP contribution is 2.29. The van der Waals surface area contributed by atoms with Gasteiger partial charge in [-0.15, -0.1) is 0 Å². The minimum absolute atomic E-state index is 0.225. The van der Waals surface area contributed by atoms with Gasteiger partial charge >= 0.3 is 0 Å². The van der Waals surface area contributed by atoms with Crippen LogP contribution in [0.1, 0.15) is 18.4 Å². The number of hydrogen-bond acceptors (Lipinski definition) is 2. The van der Waals surface area contributed by atoms with E-state index >= 15 is 0 Å². The normalized spacial score (nSPS) is 15.6. The summed E-state index contributed by atoms with van der Waals surface area (Å²) in [5.74, 6) is 0.566. The zero-order valence-electron chi connectivity index (χ0n) is 8.00. The summed E-state index contributed by atoms with van der Waals surface area (Å²) in [5.41, 5.74) is 6.32. The second kappa shape index (κ2) is 3.96. The van der Waals surface area contributed by atoms with Crippen molar-refractivity contribution in [1.29, 1.82) is 0 Å². The Hall–Kier alpha value is -1.09. The van der Waals surface area contributed by atoms with Gasteiger partial charge in [-0.2, -0.15) is 0 Å². The van der Waals surface area contributed by atoms with Crippen LogP contribution in [0.15, 0.2) is 18.2 Å². The maximum Gasteiger partial charge on any atom is 0.123 e. The lowest BCUT2D eigenvalue weighted by atomic mass is 10.1. The fourth-order valence-corrected chi connectivity index (χ4v) is 1.38. The first kappa shape index (κ1) is 9.46. The molecule has 0 radical (unpaired) electrons. The number of halogens is 1. The Bertz CT molecular complexity index is 323. The number of benzene rings is 1. The van der Waals surface area contributed by atoms with E-state index in [9.17, 15) is 4.39 Å². The Morgan fingerprint density at radius 1 is 1.43 bits per heavy atom. The lowest BCUT2D eigenvalue weighted by molar-refractivity contribution is 0.299. The molecule has 2 nitrogen and oxygen atoms in total. The van der Waals surface area contributed by atoms with Crippen molar-refractivity contribution in [2.24, 2.45) is 5.73 Å². The van der Waals surface area contributed by atoms with E-state index in [1.54, 1.807) is 6.07 Å². The first-order valence-corrected chi connectivity index (χ1v) is 4.95. The van der Waals surface area contributed by atoms with E-state index in [1.807, 2.05) is 0 Å². The summed E-state index contributed by atoms with van der Waals surface area (Å²) in [6, 6.07) is 4.63. The molecule has 1 aromatic rings. The van der Waals surface area contributed by atoms with Crippen LogP contribution in [0.2, 0.25) is 0 Å². The summed E-state index contributed by atoms with van der Waals surface area (Å²) in [4.78, 5) is 0. The van der Waals surface area contributed by atoms with Gasteiger partial charge in [-0.25, -0.2) is 4.39 Å². The van der Waals surface area contributed by atoms with Gasteiger partial charge in [0.1, 0.15) is 11.6 Å². The smallest absolute Gasteiger partial charge is 0.123 e. The van der Waals surface area contributed by atoms with E-state index in [1.165, 1.54) is 12.1 Å². The fraction of sp³-hybridized carbons (Fsp3) is 0.455. The summed E-state index contributed by atoms with van der Waals surface area (Å²) < 4.78 is 18.6. The van der Waals surface area contributed by atoms with Crippen LogP contribution in [0, 0.1) is 5.82 Å². The number of rotatable bonds is 4. The van der Waals surface area contributed by atoms with E-state index in [2.05, 4.69) is 0 Å². The highest BCUT2D eigenvalue weighted by Gasteiger charge is 2.24. The minimum Gasteiger partial charge on any atom is -0.490 e. The third-order valence-electron chi connectivity index (χ3n) is 2.25. The first-order chi connectivity index (χ1) is 6.79. The van der Waals surface area contributed by atoms with Gasteiger partial charge < -0.3 is 10.5 Å². The molecule has 1 aromatic carbocycles. The topological polar surface area (TPSA) is 35.2 Å². The maximum absolute atomic E-state index is 12.9. The average Bonchev–Trinajstić information content (AvgIpc) is 2.94. The third-order valence-corrected chi connectivity index (χ3v) is 2.25. The largest absolute Gasteiger partial charge is 0.490 e. The van der Waals surface area contributed by atoms with Gasteiger partial charge in [0.25, 0.3) is 0 Å². The van der Waals surface area contributed by atoms with Crippen molar-refractivity contribution in [2.75, 3.05) is 6.54 Å². The quantitative estimate of drug-likeness (QED) is 0.796. The molecule has 0 aliphatic heterocycles. The Balaban J connectivity index is 2.17. The SMILES string of the molecule is NCCc1cc(F)ccc1OC1CC1. The summed E-state index contributed by atoms with van der Waals surface area (Å²) in [7, 11) is 0. The predicted octanol–water partition coefficient (Wildman–Crippen LogP) is 1.87. The van der Waals surface area contributed by atoms with Gasteiger partial charge in [0.05, 0.1) is 6.10 Å². The summed E-state index contributed by atoms with van der Waals surface area (Å²) >= 11 is 0. The first-order valence-electron chi connectivity index (χ1n) is 4.95. The van der Waals surface area contributed by atoms with Gasteiger partial charge in [0.15, 0.2) is 0 Å². The third kappa shape index (κ3) is 2.23. The second-order valence-electron chi connectivity index (χ2n) is 3.61. The van der Waals surface area contributed by atoms with Crippen molar-refractivity contribution < 1.29 is 9.13 Å². The van der Waals surface area contributed by atoms with Crippen LogP contribution in [0.5, 0.6) is 5.75 Å². The molecule has 2 rings (SSSR count). The molecule has 14 heavy (non-hydrogen) atoms. The van der Waals surface area contributed by atoms with Crippen LogP contribution in [0.25, 0.3) is 0 Å². The second-order valence-corrected chi connectivity index (χ2v) is 3.61. The Morgan fingerprint density at radius 2 is 2.21 bits per heavy atom. The molecule has 0 unspecified atom stereocenters. The molecule has 1 fully saturated rings. The number of nitrogens with two attached hydrogens (primary N) is 1. The summed E-state index contributed by atoms with van der Waals surface area (Å²) in [5, 5.41) is 0. The van der Waals surface area contributed by atoms with Crippen LogP contribution < -0.4 is 10.5 Å². The van der Waals surface area contributed by atoms with E-state index in [0.29, 0.717) is 19.1 Å². The summed E-state index contributed by atoms with van der Waals surface area (Å²) in [6.45, 7) is 0.518. The fourth-order valence-electron chi connectivity index (χ4n) is 1.38. The Labute approximate surface area is 82.9 Å². The standard InChI is InChI=1S/C11H14FNO/c12-9-1-4-11(14-10-2-3-10)8(7-9)5-6-13/h1,4,7,10H,2-3,5-6,13H2. The highest BCUT2D eigenvalue weighted by atomic mass is 19.1. The lowest BCUT2D eigenvalue weighted by Gasteiger charge is -2.09. The molecular weight excluding hydrogens is 181 g/mol. The van der Waals surface area contributed by atoms with Crippen LogP contribution in [0.4, 0.5) is 4.39 Å². The molecule has 3 heteroatoms. The summed E-state index contributed by atoms with van der Waals surface area (Å²) in [6.07, 6.45) is 3.23. The molecule has 0 atom stereocenters. The van der Waals surface area contributed by atoms with E-state index in [-0.39, 0.29) is 5.82 Å². The van der Waals surface area contributed by atoms with Crippen molar-refractivity contribution in [3.63, 3.8) is 0 Å². The molecule has 1 aliphatic carbocycles. The van der Waals surface area contributed by atoms with Gasteiger partial charge in [-0.3, -0.25) is 0 Å². The van der Waals surface area contributed by atoms with Crippen LogP contribution >= 0.6 is 0 Å². The van der Waals surface area contributed by atoms with Crippen molar-refractivity contribution in [1.82, 2.24) is 0 Å². The molecule has 1 saturated carbocycles. The molecule has 1 aliphatic rings. The number of hydrogen-bond donors (Lipinski definition) is 1. The van der Waals surface area contributed by atoms with Gasteiger partial charge in [-0.05, 0) is 49.6 Å². The molecule has 0 bridgehead atoms. The Morgan fingerprint density at radius 3 is 2.86 bits per heavy atom. The van der Waals surface area contributed by atoms with E-state index in [4.69, 9.17) is 10.5 Å². The molecular formula is C11H14FNO. The zero-order valence-corrected chi connectivity index (χ0v) is 8.00. The molecule has 0 heterocycles. The lowest BCUT2D eigenvalue weighted by Crippen LogP contribution is -2.06. The van der Waals surface area contributed by atoms with Crippen molar-refractivity contribution in [3.8, 4) is 5.75 Å². The van der Waals surface area contributed by atoms with Gasteiger partial charge in [0, 0.05) is 0 Å². The predicted molar refractivity (Wildman–Crippen MR) is 52.8 cm³/mol. The molecule has 0 amide bonds. The maximum atomic E-state index is 12.9. The van der Waals surface area contributed by atoms with Gasteiger partial charge in [-0.1, -0.05) is 0 Å². The van der Waals surface area contributed by atoms with Crippen molar-refractivity contribution >= 4 is 0 Å². The Kier molecular flexibility index (Phi) is 2.68. The van der Waals surface area contributed by atoms with Crippen molar-refractivity contribution in [2.45, 2.75) is 25.4 Å². The molecule has 0 aromatic heterocycles. The molecule has 2 N–H and O–H groups in total. The van der Waals surface area contributed by atoms with Crippen molar-refractivity contribution in [3.05, 3.63) is 29.6 Å².